The lowest BCUT2D eigenvalue weighted by Crippen LogP contribution is -2.28. The molecule has 40 heavy (non-hydrogen) atoms. The van der Waals surface area contributed by atoms with Crippen LogP contribution in [-0.4, -0.2) is 5.78 Å². The van der Waals surface area contributed by atoms with Crippen LogP contribution in [0.2, 0.25) is 10.0 Å². The van der Waals surface area contributed by atoms with Gasteiger partial charge in [-0.05, 0) is 74.4 Å². The number of nitrogen functional groups attached to an aromatic ring is 1. The number of carbonyl (C=O) groups is 1. The van der Waals surface area contributed by atoms with Crippen molar-refractivity contribution in [1.82, 2.24) is 0 Å². The molecule has 0 heterocycles. The summed E-state index contributed by atoms with van der Waals surface area (Å²) < 4.78 is 8.06. The maximum Gasteiger partial charge on any atom is 0.160 e. The highest BCUT2D eigenvalue weighted by atomic mass is 79.9. The number of carbonyl (C=O) groups excluding carboxylic acids is 1. The van der Waals surface area contributed by atoms with Crippen molar-refractivity contribution in [2.75, 3.05) is 5.73 Å². The van der Waals surface area contributed by atoms with Crippen molar-refractivity contribution < 1.29 is 9.53 Å². The van der Waals surface area contributed by atoms with Crippen LogP contribution in [0.4, 0.5) is 5.69 Å². The van der Waals surface area contributed by atoms with E-state index in [-0.39, 0.29) is 23.7 Å². The van der Waals surface area contributed by atoms with Gasteiger partial charge in [0.15, 0.2) is 5.78 Å². The van der Waals surface area contributed by atoms with Crippen LogP contribution >= 0.6 is 55.1 Å². The van der Waals surface area contributed by atoms with E-state index in [0.29, 0.717) is 27.9 Å². The molecule has 5 rings (SSSR count). The molecule has 0 amide bonds. The summed E-state index contributed by atoms with van der Waals surface area (Å²) in [5.74, 6) is 0.535. The topological polar surface area (TPSA) is 52.3 Å². The zero-order chi connectivity index (χ0) is 28.8. The Bertz CT molecular complexity index is 1680. The third-order valence-corrected chi connectivity index (χ3v) is 9.14. The lowest BCUT2D eigenvalue weighted by Gasteiger charge is -2.35. The minimum atomic E-state index is -0.263. The highest BCUT2D eigenvalue weighted by molar-refractivity contribution is 9.11. The van der Waals surface area contributed by atoms with Crippen LogP contribution in [0.15, 0.2) is 81.2 Å². The number of fused-ring (bicyclic) bond motifs is 1. The first-order valence-corrected chi connectivity index (χ1v) is 15.4. The summed E-state index contributed by atoms with van der Waals surface area (Å²) in [4.78, 5) is 14.0. The zero-order valence-corrected chi connectivity index (χ0v) is 27.1. The second-order valence-corrected chi connectivity index (χ2v) is 13.7. The fourth-order valence-corrected chi connectivity index (χ4v) is 7.52. The Morgan fingerprint density at radius 1 is 1.00 bits per heavy atom. The molecule has 3 nitrogen and oxygen atoms in total. The zero-order valence-electron chi connectivity index (χ0n) is 22.5. The second kappa shape index (κ2) is 11.5. The van der Waals surface area contributed by atoms with Gasteiger partial charge >= 0.3 is 0 Å². The highest BCUT2D eigenvalue weighted by Gasteiger charge is 2.37. The Hall–Kier alpha value is -2.31. The molecule has 4 aromatic carbocycles. The van der Waals surface area contributed by atoms with Crippen LogP contribution in [0, 0.1) is 5.41 Å². The summed E-state index contributed by atoms with van der Waals surface area (Å²) in [7, 11) is 0. The number of ketones is 1. The van der Waals surface area contributed by atoms with Gasteiger partial charge in [0, 0.05) is 54.8 Å². The average Bonchev–Trinajstić information content (AvgIpc) is 2.87. The van der Waals surface area contributed by atoms with Crippen LogP contribution in [-0.2, 0) is 11.4 Å². The van der Waals surface area contributed by atoms with Crippen LogP contribution in [0.25, 0.3) is 16.3 Å². The van der Waals surface area contributed by atoms with Gasteiger partial charge in [0.25, 0.3) is 0 Å². The second-order valence-electron chi connectivity index (χ2n) is 11.1. The lowest BCUT2D eigenvalue weighted by atomic mass is 9.68. The summed E-state index contributed by atoms with van der Waals surface area (Å²) in [6.45, 7) is 6.61. The van der Waals surface area contributed by atoms with E-state index in [1.54, 1.807) is 12.1 Å². The largest absolute Gasteiger partial charge is 0.487 e. The number of nitrogens with two attached hydrogens (primary N) is 1. The van der Waals surface area contributed by atoms with Gasteiger partial charge in [0.1, 0.15) is 12.4 Å². The van der Waals surface area contributed by atoms with E-state index in [1.807, 2.05) is 42.5 Å². The number of halogens is 4. The van der Waals surface area contributed by atoms with E-state index < -0.39 is 0 Å². The van der Waals surface area contributed by atoms with E-state index in [4.69, 9.17) is 33.7 Å². The first-order valence-electron chi connectivity index (χ1n) is 13.0. The smallest absolute Gasteiger partial charge is 0.160 e. The molecule has 2 N–H and O–H groups in total. The SMILES string of the molecule is C[C@H](C1=C(c2c(N)ccc3ccccc23)CC(C)(C)CC1=O)c1cc(Br)cc(Br)c1OCc1ccc(Cl)cc1Cl. The van der Waals surface area contributed by atoms with E-state index in [0.717, 1.165) is 54.0 Å². The number of hydrogen-bond acceptors (Lipinski definition) is 3. The van der Waals surface area contributed by atoms with Gasteiger partial charge in [-0.15, -0.1) is 0 Å². The van der Waals surface area contributed by atoms with Crippen molar-refractivity contribution in [3.63, 3.8) is 0 Å². The molecule has 206 valence electrons. The quantitative estimate of drug-likeness (QED) is 0.204. The minimum absolute atomic E-state index is 0.133. The summed E-state index contributed by atoms with van der Waals surface area (Å²) in [6, 6.07) is 21.5. The fraction of sp³-hybridized carbons (Fsp3) is 0.242. The van der Waals surface area contributed by atoms with Crippen LogP contribution in [0.5, 0.6) is 5.75 Å². The van der Waals surface area contributed by atoms with Crippen molar-refractivity contribution in [3.8, 4) is 5.75 Å². The van der Waals surface area contributed by atoms with Crippen molar-refractivity contribution in [2.24, 2.45) is 5.41 Å². The van der Waals surface area contributed by atoms with E-state index >= 15 is 0 Å². The molecule has 1 aliphatic carbocycles. The molecular weight excluding hydrogens is 673 g/mol. The molecule has 4 aromatic rings. The highest BCUT2D eigenvalue weighted by Crippen LogP contribution is 2.50. The molecule has 1 atom stereocenters. The Balaban J connectivity index is 1.68. The molecule has 7 heteroatoms. The average molecular weight is 702 g/mol. The first-order chi connectivity index (χ1) is 18.9. The summed E-state index contributed by atoms with van der Waals surface area (Å²) in [6.07, 6.45) is 1.20. The van der Waals surface area contributed by atoms with Gasteiger partial charge in [-0.1, -0.05) is 96.3 Å². The fourth-order valence-electron chi connectivity index (χ4n) is 5.68. The maximum atomic E-state index is 14.0. The summed E-state index contributed by atoms with van der Waals surface area (Å²) in [5, 5.41) is 3.25. The standard InChI is InChI=1S/C33H29Br2Cl2NO2/c1-18(24-12-21(34)13-26(35)32(24)40-17-20-8-10-22(36)14-27(20)37)30-25(15-33(2,3)16-29(30)39)31-23-7-5-4-6-19(23)9-11-28(31)38/h4-14,18H,15-17,38H2,1-3H3/t18-/m0/s1. The monoisotopic (exact) mass is 699 g/mol. The third kappa shape index (κ3) is 5.85. The van der Waals surface area contributed by atoms with E-state index in [2.05, 4.69) is 64.8 Å². The van der Waals surface area contributed by atoms with Gasteiger partial charge in [0.2, 0.25) is 0 Å². The van der Waals surface area contributed by atoms with Gasteiger partial charge in [0.05, 0.1) is 4.47 Å². The van der Waals surface area contributed by atoms with Crippen LogP contribution < -0.4 is 10.5 Å². The van der Waals surface area contributed by atoms with Crippen molar-refractivity contribution in [1.29, 1.82) is 0 Å². The molecule has 0 aromatic heterocycles. The molecule has 0 radical (unpaired) electrons. The Morgan fingerprint density at radius 3 is 2.50 bits per heavy atom. The predicted octanol–water partition coefficient (Wildman–Crippen LogP) is 10.8. The molecule has 1 aliphatic rings. The normalized spacial score (nSPS) is 15.9. The summed E-state index contributed by atoms with van der Waals surface area (Å²) in [5.41, 5.74) is 11.6. The summed E-state index contributed by atoms with van der Waals surface area (Å²) >= 11 is 19.9. The Morgan fingerprint density at radius 2 is 1.75 bits per heavy atom. The van der Waals surface area contributed by atoms with Gasteiger partial charge in [-0.3, -0.25) is 4.79 Å². The lowest BCUT2D eigenvalue weighted by molar-refractivity contribution is -0.118. The molecule has 0 fully saturated rings. The molecule has 0 bridgehead atoms. The van der Waals surface area contributed by atoms with E-state index in [9.17, 15) is 4.79 Å². The Labute approximate surface area is 262 Å². The Kier molecular flexibility index (Phi) is 8.41. The number of benzene rings is 4. The van der Waals surface area contributed by atoms with Gasteiger partial charge in [-0.25, -0.2) is 0 Å². The molecule has 0 spiro atoms. The molecule has 0 saturated carbocycles. The molecular formula is C33H29Br2Cl2NO2. The van der Waals surface area contributed by atoms with Crippen LogP contribution in [0.1, 0.15) is 56.2 Å². The number of ether oxygens (including phenoxy) is 1. The maximum absolute atomic E-state index is 14.0. The number of rotatable bonds is 6. The number of anilines is 1. The molecule has 0 saturated heterocycles. The van der Waals surface area contributed by atoms with Crippen molar-refractivity contribution in [3.05, 3.63) is 108 Å². The van der Waals surface area contributed by atoms with Crippen LogP contribution in [0.3, 0.4) is 0 Å². The minimum Gasteiger partial charge on any atom is -0.487 e. The predicted molar refractivity (Wildman–Crippen MR) is 174 cm³/mol. The van der Waals surface area contributed by atoms with Crippen molar-refractivity contribution >= 4 is 82.9 Å². The van der Waals surface area contributed by atoms with Crippen molar-refractivity contribution in [2.45, 2.75) is 46.1 Å². The molecule has 0 aliphatic heterocycles. The number of allylic oxidation sites excluding steroid dienone is 2. The number of Topliss-reactive ketones (excluding diaryl/α,β-unsaturated/α-hetero) is 1. The van der Waals surface area contributed by atoms with Gasteiger partial charge < -0.3 is 10.5 Å². The van der Waals surface area contributed by atoms with Gasteiger partial charge in [-0.2, -0.15) is 0 Å². The first kappa shape index (κ1) is 29.2. The number of hydrogen-bond donors (Lipinski definition) is 1. The third-order valence-electron chi connectivity index (χ3n) is 7.51. The molecule has 0 unspecified atom stereocenters. The van der Waals surface area contributed by atoms with E-state index in [1.165, 1.54) is 0 Å².